The third-order valence-corrected chi connectivity index (χ3v) is 3.97. The molecule has 1 unspecified atom stereocenters. The second kappa shape index (κ2) is 6.49. The molecule has 1 atom stereocenters. The lowest BCUT2D eigenvalue weighted by atomic mass is 10.0. The molecule has 1 heterocycles. The Hall–Kier alpha value is -2.60. The van der Waals surface area contributed by atoms with Crippen molar-refractivity contribution in [1.82, 2.24) is 0 Å². The number of carbonyl (C=O) groups is 1. The minimum absolute atomic E-state index is 0.118. The van der Waals surface area contributed by atoms with Gasteiger partial charge >= 0.3 is 6.09 Å². The summed E-state index contributed by atoms with van der Waals surface area (Å²) >= 11 is 0. The van der Waals surface area contributed by atoms with Crippen LogP contribution < -0.4 is 9.64 Å². The lowest BCUT2D eigenvalue weighted by Gasteiger charge is -2.15. The number of aliphatic hydroxyl groups excluding tert-OH is 1. The Labute approximate surface area is 139 Å². The zero-order valence-corrected chi connectivity index (χ0v) is 13.5. The van der Waals surface area contributed by atoms with Crippen LogP contribution in [0.4, 0.5) is 14.9 Å². The van der Waals surface area contributed by atoms with Crippen molar-refractivity contribution in [2.45, 2.75) is 19.6 Å². The predicted octanol–water partition coefficient (Wildman–Crippen LogP) is 3.34. The standard InChI is InChI=1S/C18H18FNO4/c1-11-9-20(18(22)24-11)13-4-6-14(16(19)8-13)15-5-3-12(10-21)7-17(15)23-2/h3-8,11,21H,9-10H2,1-2H3. The van der Waals surface area contributed by atoms with E-state index in [0.717, 1.165) is 0 Å². The summed E-state index contributed by atoms with van der Waals surface area (Å²) in [5.74, 6) is 0.0114. The van der Waals surface area contributed by atoms with Crippen LogP contribution in [0.3, 0.4) is 0 Å². The second-order valence-corrected chi connectivity index (χ2v) is 5.66. The molecule has 5 nitrogen and oxygen atoms in total. The Morgan fingerprint density at radius 1 is 1.29 bits per heavy atom. The van der Waals surface area contributed by atoms with Crippen molar-refractivity contribution in [2.75, 3.05) is 18.6 Å². The van der Waals surface area contributed by atoms with Gasteiger partial charge in [-0.25, -0.2) is 9.18 Å². The molecule has 1 fully saturated rings. The van der Waals surface area contributed by atoms with Crippen molar-refractivity contribution >= 4 is 11.8 Å². The maximum absolute atomic E-state index is 14.6. The number of benzene rings is 2. The van der Waals surface area contributed by atoms with Gasteiger partial charge in [0.05, 0.1) is 25.9 Å². The number of methoxy groups -OCH3 is 1. The molecule has 1 saturated heterocycles. The summed E-state index contributed by atoms with van der Waals surface area (Å²) in [6, 6.07) is 9.68. The summed E-state index contributed by atoms with van der Waals surface area (Å²) in [6.07, 6.45) is -0.689. The van der Waals surface area contributed by atoms with Gasteiger partial charge in [-0.1, -0.05) is 12.1 Å². The zero-order valence-electron chi connectivity index (χ0n) is 13.5. The summed E-state index contributed by atoms with van der Waals surface area (Å²) < 4.78 is 25.0. The SMILES string of the molecule is COc1cc(CO)ccc1-c1ccc(N2CC(C)OC2=O)cc1F. The van der Waals surface area contributed by atoms with Crippen molar-refractivity contribution in [1.29, 1.82) is 0 Å². The summed E-state index contributed by atoms with van der Waals surface area (Å²) in [6.45, 7) is 2.07. The van der Waals surface area contributed by atoms with Crippen LogP contribution in [0.2, 0.25) is 0 Å². The number of rotatable bonds is 4. The predicted molar refractivity (Wildman–Crippen MR) is 87.6 cm³/mol. The van der Waals surface area contributed by atoms with Gasteiger partial charge in [0.2, 0.25) is 0 Å². The van der Waals surface area contributed by atoms with Crippen LogP contribution in [0.15, 0.2) is 36.4 Å². The molecule has 1 amide bonds. The number of hydrogen-bond acceptors (Lipinski definition) is 4. The summed E-state index contributed by atoms with van der Waals surface area (Å²) in [4.78, 5) is 13.2. The van der Waals surface area contributed by atoms with Crippen LogP contribution >= 0.6 is 0 Å². The normalized spacial score (nSPS) is 17.1. The van der Waals surface area contributed by atoms with Gasteiger partial charge in [0.15, 0.2) is 0 Å². The molecule has 0 spiro atoms. The average molecular weight is 331 g/mol. The zero-order chi connectivity index (χ0) is 17.3. The lowest BCUT2D eigenvalue weighted by Crippen LogP contribution is -2.24. The van der Waals surface area contributed by atoms with Crippen LogP contribution in [0, 0.1) is 5.82 Å². The Morgan fingerprint density at radius 2 is 2.04 bits per heavy atom. The fourth-order valence-electron chi connectivity index (χ4n) is 2.76. The second-order valence-electron chi connectivity index (χ2n) is 5.66. The first-order valence-electron chi connectivity index (χ1n) is 7.59. The van der Waals surface area contributed by atoms with Gasteiger partial charge in [-0.3, -0.25) is 4.90 Å². The first-order valence-corrected chi connectivity index (χ1v) is 7.59. The van der Waals surface area contributed by atoms with Gasteiger partial charge in [-0.15, -0.1) is 0 Å². The van der Waals surface area contributed by atoms with Crippen LogP contribution in [0.25, 0.3) is 11.1 Å². The first kappa shape index (κ1) is 16.3. The summed E-state index contributed by atoms with van der Waals surface area (Å²) in [5.41, 5.74) is 2.08. The minimum atomic E-state index is -0.473. The van der Waals surface area contributed by atoms with Gasteiger partial charge in [-0.2, -0.15) is 0 Å². The van der Waals surface area contributed by atoms with E-state index in [4.69, 9.17) is 9.47 Å². The van der Waals surface area contributed by atoms with Crippen LogP contribution in [-0.4, -0.2) is 31.0 Å². The summed E-state index contributed by atoms with van der Waals surface area (Å²) in [7, 11) is 1.49. The number of carbonyl (C=O) groups excluding carboxylic acids is 1. The average Bonchev–Trinajstić information content (AvgIpc) is 2.92. The van der Waals surface area contributed by atoms with Gasteiger partial charge < -0.3 is 14.6 Å². The highest BCUT2D eigenvalue weighted by atomic mass is 19.1. The molecule has 0 bridgehead atoms. The molecule has 2 aromatic rings. The van der Waals surface area contributed by atoms with Crippen molar-refractivity contribution in [2.24, 2.45) is 0 Å². The Morgan fingerprint density at radius 3 is 2.62 bits per heavy atom. The van der Waals surface area contributed by atoms with Crippen LogP contribution in [-0.2, 0) is 11.3 Å². The van der Waals surface area contributed by atoms with E-state index in [1.165, 1.54) is 18.1 Å². The third-order valence-electron chi connectivity index (χ3n) is 3.97. The van der Waals surface area contributed by atoms with Crippen molar-refractivity contribution in [3.63, 3.8) is 0 Å². The minimum Gasteiger partial charge on any atom is -0.496 e. The highest BCUT2D eigenvalue weighted by Gasteiger charge is 2.29. The van der Waals surface area contributed by atoms with E-state index >= 15 is 0 Å². The number of aliphatic hydroxyl groups is 1. The number of hydrogen-bond donors (Lipinski definition) is 1. The van der Waals surface area contributed by atoms with E-state index in [0.29, 0.717) is 34.7 Å². The molecule has 126 valence electrons. The van der Waals surface area contributed by atoms with E-state index in [1.54, 1.807) is 37.3 Å². The summed E-state index contributed by atoms with van der Waals surface area (Å²) in [5, 5.41) is 9.20. The lowest BCUT2D eigenvalue weighted by molar-refractivity contribution is 0.150. The Balaban J connectivity index is 1.98. The number of halogens is 1. The van der Waals surface area contributed by atoms with Crippen molar-refractivity contribution in [3.8, 4) is 16.9 Å². The van der Waals surface area contributed by atoms with E-state index in [1.807, 2.05) is 0 Å². The van der Waals surface area contributed by atoms with E-state index in [-0.39, 0.29) is 12.7 Å². The molecular weight excluding hydrogens is 313 g/mol. The molecular formula is C18H18FNO4. The molecule has 1 aliphatic rings. The number of amides is 1. The first-order chi connectivity index (χ1) is 11.5. The van der Waals surface area contributed by atoms with E-state index in [9.17, 15) is 14.3 Å². The van der Waals surface area contributed by atoms with E-state index in [2.05, 4.69) is 0 Å². The quantitative estimate of drug-likeness (QED) is 0.933. The molecule has 6 heteroatoms. The number of nitrogens with zero attached hydrogens (tertiary/aromatic N) is 1. The van der Waals surface area contributed by atoms with Gasteiger partial charge in [0.25, 0.3) is 0 Å². The molecule has 0 saturated carbocycles. The molecule has 2 aromatic carbocycles. The van der Waals surface area contributed by atoms with Crippen molar-refractivity contribution in [3.05, 3.63) is 47.8 Å². The smallest absolute Gasteiger partial charge is 0.414 e. The fourth-order valence-corrected chi connectivity index (χ4v) is 2.76. The molecule has 0 radical (unpaired) electrons. The maximum atomic E-state index is 14.6. The largest absolute Gasteiger partial charge is 0.496 e. The highest BCUT2D eigenvalue weighted by molar-refractivity contribution is 5.90. The van der Waals surface area contributed by atoms with Crippen molar-refractivity contribution < 1.29 is 23.8 Å². The molecule has 3 rings (SSSR count). The van der Waals surface area contributed by atoms with E-state index < -0.39 is 11.9 Å². The van der Waals surface area contributed by atoms with Gasteiger partial charge in [-0.05, 0) is 36.8 Å². The van der Waals surface area contributed by atoms with Gasteiger partial charge in [0.1, 0.15) is 17.7 Å². The molecule has 0 aromatic heterocycles. The highest BCUT2D eigenvalue weighted by Crippen LogP contribution is 2.35. The number of cyclic esters (lactones) is 1. The topological polar surface area (TPSA) is 59.0 Å². The monoisotopic (exact) mass is 331 g/mol. The van der Waals surface area contributed by atoms with Gasteiger partial charge in [0, 0.05) is 11.1 Å². The number of anilines is 1. The molecule has 24 heavy (non-hydrogen) atoms. The van der Waals surface area contributed by atoms with Crippen LogP contribution in [0.5, 0.6) is 5.75 Å². The fraction of sp³-hybridized carbons (Fsp3) is 0.278. The Bertz CT molecular complexity index is 778. The maximum Gasteiger partial charge on any atom is 0.414 e. The molecule has 0 aliphatic carbocycles. The molecule has 1 N–H and O–H groups in total. The van der Waals surface area contributed by atoms with Crippen LogP contribution in [0.1, 0.15) is 12.5 Å². The molecule has 1 aliphatic heterocycles. The third kappa shape index (κ3) is 2.92. The number of ether oxygens (including phenoxy) is 2. The Kier molecular flexibility index (Phi) is 4.40.